The first-order valence-corrected chi connectivity index (χ1v) is 13.0. The molecule has 0 bridgehead atoms. The number of carbonyl (C=O) groups is 2. The number of amides is 1. The second kappa shape index (κ2) is 9.12. The van der Waals surface area contributed by atoms with E-state index in [1.807, 2.05) is 0 Å². The molecule has 0 aromatic carbocycles. The van der Waals surface area contributed by atoms with Crippen molar-refractivity contribution in [3.63, 3.8) is 0 Å². The molecule has 0 saturated heterocycles. The van der Waals surface area contributed by atoms with E-state index in [0.29, 0.717) is 36.5 Å². The molecule has 1 amide bonds. The molecule has 7 heteroatoms. The van der Waals surface area contributed by atoms with Crippen LogP contribution in [-0.2, 0) is 9.59 Å². The van der Waals surface area contributed by atoms with Crippen LogP contribution in [0, 0.1) is 46.3 Å². The van der Waals surface area contributed by atoms with Gasteiger partial charge in [-0.1, -0.05) is 20.8 Å². The zero-order valence-electron chi connectivity index (χ0n) is 20.4. The van der Waals surface area contributed by atoms with Gasteiger partial charge in [0.15, 0.2) is 0 Å². The molecule has 7 nitrogen and oxygen atoms in total. The van der Waals surface area contributed by atoms with E-state index in [9.17, 15) is 24.9 Å². The fourth-order valence-corrected chi connectivity index (χ4v) is 9.04. The third kappa shape index (κ3) is 4.23. The van der Waals surface area contributed by atoms with Crippen molar-refractivity contribution in [2.45, 2.75) is 96.9 Å². The summed E-state index contributed by atoms with van der Waals surface area (Å²) in [6, 6.07) is 0. The second-order valence-corrected chi connectivity index (χ2v) is 12.2. The number of hydrogen-bond acceptors (Lipinski definition) is 5. The average Bonchev–Trinajstić information content (AvgIpc) is 3.12. The zero-order valence-corrected chi connectivity index (χ0v) is 20.4. The number of aliphatic hydroxyl groups excluding tert-OH is 3. The Labute approximate surface area is 197 Å². The topological polar surface area (TPSA) is 127 Å². The molecule has 11 atom stereocenters. The zero-order chi connectivity index (χ0) is 24.1. The van der Waals surface area contributed by atoms with Gasteiger partial charge in [0.25, 0.3) is 0 Å². The number of carboxylic acid groups (broad SMARTS) is 1. The molecular weight excluding hydrogens is 422 g/mol. The van der Waals surface area contributed by atoms with Gasteiger partial charge in [-0.05, 0) is 97.7 Å². The van der Waals surface area contributed by atoms with E-state index in [1.54, 1.807) is 0 Å². The first-order chi connectivity index (χ1) is 15.5. The van der Waals surface area contributed by atoms with Crippen molar-refractivity contribution in [3.05, 3.63) is 0 Å². The number of carbonyl (C=O) groups excluding carboxylic acids is 1. The monoisotopic (exact) mass is 465 g/mol. The largest absolute Gasteiger partial charge is 0.480 e. The van der Waals surface area contributed by atoms with Gasteiger partial charge in [-0.2, -0.15) is 0 Å². The smallest absolute Gasteiger partial charge is 0.322 e. The minimum absolute atomic E-state index is 0.0319. The van der Waals surface area contributed by atoms with Gasteiger partial charge in [0.1, 0.15) is 6.54 Å². The van der Waals surface area contributed by atoms with Crippen molar-refractivity contribution in [2.24, 2.45) is 46.3 Å². The van der Waals surface area contributed by atoms with E-state index in [0.717, 1.165) is 44.9 Å². The molecule has 5 N–H and O–H groups in total. The first-order valence-electron chi connectivity index (χ1n) is 13.0. The summed E-state index contributed by atoms with van der Waals surface area (Å²) in [7, 11) is 0. The average molecular weight is 466 g/mol. The van der Waals surface area contributed by atoms with Crippen molar-refractivity contribution in [1.82, 2.24) is 5.32 Å². The van der Waals surface area contributed by atoms with Gasteiger partial charge >= 0.3 is 5.97 Å². The molecule has 4 rings (SSSR count). The predicted molar refractivity (Wildman–Crippen MR) is 123 cm³/mol. The Hall–Kier alpha value is -1.18. The standard InChI is InChI=1S/C26H43NO6/c1-14(4-7-20(29)27-13-21(30)31)16-5-6-17-22-18(9-11-25(16,17)2)26(3)10-8-15(28)12-19(26)23(32)24(22)33/h14-19,22-24,28,32-33H,4-13H2,1-3H3,(H,27,29)(H,30,31)/t14?,15-,16?,17?,18?,19?,22?,23?,24+,25-,26-/m1/s1. The lowest BCUT2D eigenvalue weighted by molar-refractivity contribution is -0.223. The number of carboxylic acids is 1. The Bertz CT molecular complexity index is 759. The van der Waals surface area contributed by atoms with Gasteiger partial charge in [0.2, 0.25) is 5.91 Å². The normalized spacial score (nSPS) is 47.7. The lowest BCUT2D eigenvalue weighted by Crippen LogP contribution is -2.64. The van der Waals surface area contributed by atoms with Crippen molar-refractivity contribution in [2.75, 3.05) is 6.54 Å². The van der Waals surface area contributed by atoms with Gasteiger partial charge in [0.05, 0.1) is 18.3 Å². The minimum Gasteiger partial charge on any atom is -0.480 e. The van der Waals surface area contributed by atoms with Crippen molar-refractivity contribution >= 4 is 11.9 Å². The summed E-state index contributed by atoms with van der Waals surface area (Å²) in [6.45, 7) is 6.53. The van der Waals surface area contributed by atoms with Crippen LogP contribution in [0.1, 0.15) is 78.6 Å². The molecule has 0 spiro atoms. The van der Waals surface area contributed by atoms with E-state index in [4.69, 9.17) is 5.11 Å². The van der Waals surface area contributed by atoms with Crippen LogP contribution >= 0.6 is 0 Å². The first kappa shape index (κ1) is 24.9. The maximum Gasteiger partial charge on any atom is 0.322 e. The van der Waals surface area contributed by atoms with E-state index >= 15 is 0 Å². The highest BCUT2D eigenvalue weighted by atomic mass is 16.4. The Morgan fingerprint density at radius 1 is 0.939 bits per heavy atom. The Morgan fingerprint density at radius 2 is 1.61 bits per heavy atom. The minimum atomic E-state index is -1.03. The molecular formula is C26H43NO6. The van der Waals surface area contributed by atoms with Crippen LogP contribution in [0.3, 0.4) is 0 Å². The van der Waals surface area contributed by atoms with Gasteiger partial charge in [-0.25, -0.2) is 0 Å². The number of aliphatic carboxylic acids is 1. The van der Waals surface area contributed by atoms with Crippen LogP contribution in [0.25, 0.3) is 0 Å². The highest BCUT2D eigenvalue weighted by Gasteiger charge is 2.65. The van der Waals surface area contributed by atoms with Crippen LogP contribution in [0.4, 0.5) is 0 Å². The summed E-state index contributed by atoms with van der Waals surface area (Å²) in [6.07, 6.45) is 5.74. The molecule has 4 aliphatic rings. The van der Waals surface area contributed by atoms with Gasteiger partial charge in [-0.3, -0.25) is 9.59 Å². The molecule has 0 radical (unpaired) electrons. The van der Waals surface area contributed by atoms with Crippen molar-refractivity contribution in [1.29, 1.82) is 0 Å². The number of nitrogens with one attached hydrogen (secondary N) is 1. The number of aliphatic hydroxyl groups is 3. The molecule has 0 aromatic heterocycles. The summed E-state index contributed by atoms with van der Waals surface area (Å²) < 4.78 is 0. The summed E-state index contributed by atoms with van der Waals surface area (Å²) in [5.41, 5.74) is 0.0476. The van der Waals surface area contributed by atoms with Gasteiger partial charge < -0.3 is 25.7 Å². The third-order valence-corrected chi connectivity index (χ3v) is 10.7. The van der Waals surface area contributed by atoms with Gasteiger partial charge in [0, 0.05) is 6.42 Å². The Balaban J connectivity index is 1.47. The van der Waals surface area contributed by atoms with E-state index in [2.05, 4.69) is 26.1 Å². The maximum atomic E-state index is 12.0. The van der Waals surface area contributed by atoms with Gasteiger partial charge in [-0.15, -0.1) is 0 Å². The number of hydrogen-bond donors (Lipinski definition) is 5. The van der Waals surface area contributed by atoms with Crippen LogP contribution in [0.5, 0.6) is 0 Å². The predicted octanol–water partition coefficient (Wildman–Crippen LogP) is 2.56. The molecule has 33 heavy (non-hydrogen) atoms. The fraction of sp³-hybridized carbons (Fsp3) is 0.923. The molecule has 0 heterocycles. The summed E-state index contributed by atoms with van der Waals surface area (Å²) >= 11 is 0. The van der Waals surface area contributed by atoms with Crippen LogP contribution in [0.2, 0.25) is 0 Å². The van der Waals surface area contributed by atoms with Crippen LogP contribution < -0.4 is 5.32 Å². The Kier molecular flexibility index (Phi) is 6.89. The van der Waals surface area contributed by atoms with Crippen molar-refractivity contribution < 1.29 is 30.0 Å². The molecule has 4 fully saturated rings. The Morgan fingerprint density at radius 3 is 2.30 bits per heavy atom. The summed E-state index contributed by atoms with van der Waals surface area (Å²) in [5.74, 6) is 0.340. The van der Waals surface area contributed by atoms with Crippen molar-refractivity contribution in [3.8, 4) is 0 Å². The van der Waals surface area contributed by atoms with Crippen LogP contribution in [0.15, 0.2) is 0 Å². The fourth-order valence-electron chi connectivity index (χ4n) is 9.04. The van der Waals surface area contributed by atoms with E-state index < -0.39 is 18.2 Å². The number of fused-ring (bicyclic) bond motifs is 5. The highest BCUT2D eigenvalue weighted by molar-refractivity contribution is 5.81. The SMILES string of the molecule is CC(CCC(=O)NCC(=O)O)C1CCC2C3C(CC[C@]12C)[C@@]1(C)CC[C@@H](O)CC1C(O)[C@H]3O. The van der Waals surface area contributed by atoms with E-state index in [-0.39, 0.29) is 41.2 Å². The lowest BCUT2D eigenvalue weighted by Gasteiger charge is -2.63. The highest BCUT2D eigenvalue weighted by Crippen LogP contribution is 2.68. The van der Waals surface area contributed by atoms with E-state index in [1.165, 1.54) is 0 Å². The summed E-state index contributed by atoms with van der Waals surface area (Å²) in [5, 5.41) is 44.0. The molecule has 188 valence electrons. The lowest BCUT2D eigenvalue weighted by atomic mass is 9.43. The summed E-state index contributed by atoms with van der Waals surface area (Å²) in [4.78, 5) is 22.7. The maximum absolute atomic E-state index is 12.0. The molecule has 7 unspecified atom stereocenters. The molecule has 4 aliphatic carbocycles. The van der Waals surface area contributed by atoms with Crippen LogP contribution in [-0.4, -0.2) is 57.2 Å². The quantitative estimate of drug-likeness (QED) is 0.410. The molecule has 0 aliphatic heterocycles. The third-order valence-electron chi connectivity index (χ3n) is 10.7. The number of rotatable bonds is 6. The molecule has 4 saturated carbocycles. The second-order valence-electron chi connectivity index (χ2n) is 12.2. The molecule has 0 aromatic rings.